The summed E-state index contributed by atoms with van der Waals surface area (Å²) in [6.07, 6.45) is 2.75. The van der Waals surface area contributed by atoms with E-state index >= 15 is 0 Å². The SMILES string of the molecule is CCc1ccc2c(c1)C1(CCN(Cc3ccccc3)CC1)OC2=O. The van der Waals surface area contributed by atoms with Crippen LogP contribution in [0.4, 0.5) is 0 Å². The van der Waals surface area contributed by atoms with Gasteiger partial charge in [-0.05, 0) is 23.6 Å². The van der Waals surface area contributed by atoms with Crippen molar-refractivity contribution in [2.24, 2.45) is 0 Å². The monoisotopic (exact) mass is 321 g/mol. The van der Waals surface area contributed by atoms with Crippen molar-refractivity contribution in [2.75, 3.05) is 13.1 Å². The quantitative estimate of drug-likeness (QED) is 0.803. The highest BCUT2D eigenvalue weighted by molar-refractivity contribution is 5.94. The normalized spacial score (nSPS) is 19.3. The second-order valence-corrected chi connectivity index (χ2v) is 6.88. The molecule has 0 aliphatic carbocycles. The van der Waals surface area contributed by atoms with Crippen LogP contribution in [0.1, 0.15) is 46.8 Å². The highest BCUT2D eigenvalue weighted by Crippen LogP contribution is 2.44. The molecule has 2 aliphatic heterocycles. The Morgan fingerprint density at radius 1 is 1.04 bits per heavy atom. The lowest BCUT2D eigenvalue weighted by Gasteiger charge is -2.38. The second-order valence-electron chi connectivity index (χ2n) is 6.88. The third-order valence-electron chi connectivity index (χ3n) is 5.40. The van der Waals surface area contributed by atoms with Gasteiger partial charge in [0.25, 0.3) is 0 Å². The first-order valence-electron chi connectivity index (χ1n) is 8.83. The maximum Gasteiger partial charge on any atom is 0.339 e. The van der Waals surface area contributed by atoms with Crippen LogP contribution in [0.25, 0.3) is 0 Å². The summed E-state index contributed by atoms with van der Waals surface area (Å²) in [5.74, 6) is -0.149. The van der Waals surface area contributed by atoms with Gasteiger partial charge in [0, 0.05) is 38.0 Å². The van der Waals surface area contributed by atoms with Crippen LogP contribution < -0.4 is 0 Å². The molecule has 1 spiro atoms. The van der Waals surface area contributed by atoms with Gasteiger partial charge in [0.15, 0.2) is 0 Å². The number of hydrogen-bond donors (Lipinski definition) is 0. The van der Waals surface area contributed by atoms with Gasteiger partial charge in [-0.15, -0.1) is 0 Å². The lowest BCUT2D eigenvalue weighted by Crippen LogP contribution is -2.42. The Labute approximate surface area is 143 Å². The number of likely N-dealkylation sites (tertiary alicyclic amines) is 1. The van der Waals surface area contributed by atoms with Crippen molar-refractivity contribution in [2.45, 2.75) is 38.3 Å². The fraction of sp³-hybridized carbons (Fsp3) is 0.381. The van der Waals surface area contributed by atoms with Crippen LogP contribution >= 0.6 is 0 Å². The predicted octanol–water partition coefficient (Wildman–Crippen LogP) is 3.91. The van der Waals surface area contributed by atoms with E-state index in [9.17, 15) is 4.79 Å². The first kappa shape index (κ1) is 15.4. The van der Waals surface area contributed by atoms with Crippen molar-refractivity contribution >= 4 is 5.97 Å². The van der Waals surface area contributed by atoms with Gasteiger partial charge < -0.3 is 4.74 Å². The van der Waals surface area contributed by atoms with E-state index in [1.807, 2.05) is 12.1 Å². The molecule has 0 atom stereocenters. The van der Waals surface area contributed by atoms with Crippen LogP contribution in [0.3, 0.4) is 0 Å². The molecule has 0 amide bonds. The average molecular weight is 321 g/mol. The van der Waals surface area contributed by atoms with Gasteiger partial charge in [0.2, 0.25) is 0 Å². The summed E-state index contributed by atoms with van der Waals surface area (Å²) in [5.41, 5.74) is 4.10. The number of hydrogen-bond acceptors (Lipinski definition) is 3. The zero-order valence-electron chi connectivity index (χ0n) is 14.1. The van der Waals surface area contributed by atoms with Gasteiger partial charge in [0.05, 0.1) is 5.56 Å². The van der Waals surface area contributed by atoms with Crippen molar-refractivity contribution in [1.29, 1.82) is 0 Å². The first-order chi connectivity index (χ1) is 11.7. The van der Waals surface area contributed by atoms with Gasteiger partial charge in [-0.25, -0.2) is 4.79 Å². The number of piperidine rings is 1. The molecular weight excluding hydrogens is 298 g/mol. The molecule has 2 aromatic rings. The van der Waals surface area contributed by atoms with E-state index in [2.05, 4.69) is 48.2 Å². The zero-order chi connectivity index (χ0) is 16.6. The molecule has 3 nitrogen and oxygen atoms in total. The molecule has 0 saturated carbocycles. The van der Waals surface area contributed by atoms with Crippen molar-refractivity contribution in [3.8, 4) is 0 Å². The molecule has 2 aromatic carbocycles. The van der Waals surface area contributed by atoms with Gasteiger partial charge in [-0.1, -0.05) is 49.4 Å². The molecule has 0 bridgehead atoms. The van der Waals surface area contributed by atoms with Gasteiger partial charge in [-0.3, -0.25) is 4.90 Å². The average Bonchev–Trinajstić information content (AvgIpc) is 2.89. The van der Waals surface area contributed by atoms with Crippen LogP contribution in [0.15, 0.2) is 48.5 Å². The molecule has 24 heavy (non-hydrogen) atoms. The molecule has 1 fully saturated rings. The molecule has 124 valence electrons. The highest BCUT2D eigenvalue weighted by atomic mass is 16.6. The summed E-state index contributed by atoms with van der Waals surface area (Å²) in [7, 11) is 0. The number of fused-ring (bicyclic) bond motifs is 2. The van der Waals surface area contributed by atoms with Crippen molar-refractivity contribution in [3.05, 3.63) is 70.8 Å². The Kier molecular flexibility index (Phi) is 3.89. The smallest absolute Gasteiger partial charge is 0.339 e. The number of carbonyl (C=O) groups is 1. The third-order valence-corrected chi connectivity index (χ3v) is 5.40. The third kappa shape index (κ3) is 2.63. The summed E-state index contributed by atoms with van der Waals surface area (Å²) in [6, 6.07) is 16.7. The molecule has 0 N–H and O–H groups in total. The van der Waals surface area contributed by atoms with E-state index in [0.717, 1.165) is 50.0 Å². The Morgan fingerprint density at radius 3 is 2.50 bits per heavy atom. The molecule has 1 saturated heterocycles. The largest absolute Gasteiger partial charge is 0.450 e. The predicted molar refractivity (Wildman–Crippen MR) is 93.9 cm³/mol. The number of benzene rings is 2. The highest BCUT2D eigenvalue weighted by Gasteiger charge is 2.47. The van der Waals surface area contributed by atoms with E-state index in [1.54, 1.807) is 0 Å². The topological polar surface area (TPSA) is 29.5 Å². The number of rotatable bonds is 3. The summed E-state index contributed by atoms with van der Waals surface area (Å²) in [6.45, 7) is 5.02. The van der Waals surface area contributed by atoms with E-state index < -0.39 is 5.60 Å². The Balaban J connectivity index is 1.52. The summed E-state index contributed by atoms with van der Waals surface area (Å²) in [4.78, 5) is 14.7. The second kappa shape index (κ2) is 6.06. The van der Waals surface area contributed by atoms with Crippen molar-refractivity contribution in [3.63, 3.8) is 0 Å². The lowest BCUT2D eigenvalue weighted by molar-refractivity contribution is -0.0441. The standard InChI is InChI=1S/C21H23NO2/c1-2-16-8-9-18-19(14-16)21(24-20(18)23)10-12-22(13-11-21)15-17-6-4-3-5-7-17/h3-9,14H,2,10-13,15H2,1H3. The molecule has 2 aliphatic rings. The van der Waals surface area contributed by atoms with Crippen LogP contribution in [0, 0.1) is 0 Å². The van der Waals surface area contributed by atoms with E-state index in [4.69, 9.17) is 4.74 Å². The van der Waals surface area contributed by atoms with Crippen molar-refractivity contribution < 1.29 is 9.53 Å². The van der Waals surface area contributed by atoms with E-state index in [1.165, 1.54) is 11.1 Å². The minimum absolute atomic E-state index is 0.149. The zero-order valence-corrected chi connectivity index (χ0v) is 14.1. The van der Waals surface area contributed by atoms with Crippen LogP contribution in [0.5, 0.6) is 0 Å². The molecule has 4 rings (SSSR count). The number of aryl methyl sites for hydroxylation is 1. The number of ether oxygens (including phenoxy) is 1. The van der Waals surface area contributed by atoms with Gasteiger partial charge in [-0.2, -0.15) is 0 Å². The summed E-state index contributed by atoms with van der Waals surface area (Å²) >= 11 is 0. The molecule has 0 aromatic heterocycles. The van der Waals surface area contributed by atoms with Crippen molar-refractivity contribution in [1.82, 2.24) is 4.90 Å². The fourth-order valence-corrected chi connectivity index (χ4v) is 3.94. The minimum Gasteiger partial charge on any atom is -0.450 e. The molecular formula is C21H23NO2. The Hall–Kier alpha value is -2.13. The first-order valence-corrected chi connectivity index (χ1v) is 8.83. The van der Waals surface area contributed by atoms with E-state index in [-0.39, 0.29) is 5.97 Å². The fourth-order valence-electron chi connectivity index (χ4n) is 3.94. The molecule has 2 heterocycles. The van der Waals surface area contributed by atoms with Gasteiger partial charge in [0.1, 0.15) is 5.60 Å². The Bertz CT molecular complexity index is 746. The molecule has 0 unspecified atom stereocenters. The van der Waals surface area contributed by atoms with Crippen LogP contribution in [-0.2, 0) is 23.3 Å². The number of esters is 1. The molecule has 0 radical (unpaired) electrons. The number of nitrogens with zero attached hydrogens (tertiary/aromatic N) is 1. The molecule has 3 heteroatoms. The maximum absolute atomic E-state index is 12.3. The van der Waals surface area contributed by atoms with Gasteiger partial charge >= 0.3 is 5.97 Å². The maximum atomic E-state index is 12.3. The number of carbonyl (C=O) groups excluding carboxylic acids is 1. The van der Waals surface area contributed by atoms with Crippen LogP contribution in [0.2, 0.25) is 0 Å². The Morgan fingerprint density at radius 2 is 1.79 bits per heavy atom. The summed E-state index contributed by atoms with van der Waals surface area (Å²) in [5, 5.41) is 0. The van der Waals surface area contributed by atoms with Crippen LogP contribution in [-0.4, -0.2) is 24.0 Å². The summed E-state index contributed by atoms with van der Waals surface area (Å²) < 4.78 is 5.89. The minimum atomic E-state index is -0.398. The lowest BCUT2D eigenvalue weighted by atomic mass is 9.82. The van der Waals surface area contributed by atoms with E-state index in [0.29, 0.717) is 0 Å².